The van der Waals surface area contributed by atoms with Crippen LogP contribution in [0.25, 0.3) is 0 Å². The molecule has 20 heavy (non-hydrogen) atoms. The molecule has 0 atom stereocenters. The number of methoxy groups -OCH3 is 1. The first kappa shape index (κ1) is 15.8. The van der Waals surface area contributed by atoms with Crippen LogP contribution >= 0.6 is 0 Å². The molecule has 0 radical (unpaired) electrons. The van der Waals surface area contributed by atoms with Gasteiger partial charge in [-0.15, -0.1) is 0 Å². The van der Waals surface area contributed by atoms with E-state index >= 15 is 0 Å². The van der Waals surface area contributed by atoms with E-state index in [1.54, 1.807) is 26.8 Å². The lowest BCUT2D eigenvalue weighted by Crippen LogP contribution is -2.48. The monoisotopic (exact) mass is 280 g/mol. The molecule has 1 aromatic carbocycles. The predicted molar refractivity (Wildman–Crippen MR) is 75.8 cm³/mol. The largest absolute Gasteiger partial charge is 0.497 e. The predicted octanol–water partition coefficient (Wildman–Crippen LogP) is 1.60. The third-order valence-electron chi connectivity index (χ3n) is 2.84. The summed E-state index contributed by atoms with van der Waals surface area (Å²) in [6.07, 6.45) is 0. The first-order valence-corrected chi connectivity index (χ1v) is 6.14. The molecule has 0 spiro atoms. The second-order valence-corrected chi connectivity index (χ2v) is 5.41. The lowest BCUT2D eigenvalue weighted by molar-refractivity contribution is -0.138. The van der Waals surface area contributed by atoms with Gasteiger partial charge in [-0.3, -0.25) is 9.59 Å². The molecule has 0 aliphatic carbocycles. The van der Waals surface area contributed by atoms with Gasteiger partial charge in [-0.1, -0.05) is 0 Å². The van der Waals surface area contributed by atoms with Gasteiger partial charge in [-0.25, -0.2) is 0 Å². The van der Waals surface area contributed by atoms with Crippen LogP contribution < -0.4 is 10.5 Å². The highest BCUT2D eigenvalue weighted by Crippen LogP contribution is 2.24. The SMILES string of the molecule is COc1ccc(C(=O)N(CC(=O)O)C(C)(C)C)c(N)c1. The molecule has 0 bridgehead atoms. The zero-order valence-corrected chi connectivity index (χ0v) is 12.1. The van der Waals surface area contributed by atoms with Gasteiger partial charge in [0.15, 0.2) is 0 Å². The molecule has 3 N–H and O–H groups in total. The number of hydrogen-bond acceptors (Lipinski definition) is 4. The van der Waals surface area contributed by atoms with E-state index in [0.29, 0.717) is 5.75 Å². The summed E-state index contributed by atoms with van der Waals surface area (Å²) in [7, 11) is 1.50. The minimum absolute atomic E-state index is 0.258. The summed E-state index contributed by atoms with van der Waals surface area (Å²) >= 11 is 0. The number of carbonyl (C=O) groups excluding carboxylic acids is 1. The van der Waals surface area contributed by atoms with Crippen molar-refractivity contribution in [3.63, 3.8) is 0 Å². The van der Waals surface area contributed by atoms with Crippen LogP contribution in [0.4, 0.5) is 5.69 Å². The van der Waals surface area contributed by atoms with E-state index in [0.717, 1.165) is 0 Å². The maximum Gasteiger partial charge on any atom is 0.323 e. The van der Waals surface area contributed by atoms with Gasteiger partial charge in [0.2, 0.25) is 0 Å². The van der Waals surface area contributed by atoms with Crippen LogP contribution in [-0.4, -0.2) is 41.1 Å². The maximum atomic E-state index is 12.5. The Morgan fingerprint density at radius 3 is 2.35 bits per heavy atom. The Hall–Kier alpha value is -2.24. The van der Waals surface area contributed by atoms with E-state index in [4.69, 9.17) is 15.6 Å². The van der Waals surface area contributed by atoms with Crippen LogP contribution in [0, 0.1) is 0 Å². The normalized spacial score (nSPS) is 11.0. The number of nitrogen functional groups attached to an aromatic ring is 1. The van der Waals surface area contributed by atoms with Gasteiger partial charge in [-0.2, -0.15) is 0 Å². The number of carboxylic acids is 1. The third-order valence-corrected chi connectivity index (χ3v) is 2.84. The fourth-order valence-electron chi connectivity index (χ4n) is 1.76. The molecule has 0 fully saturated rings. The van der Waals surface area contributed by atoms with Crippen molar-refractivity contribution in [1.82, 2.24) is 4.90 Å². The summed E-state index contributed by atoms with van der Waals surface area (Å²) in [6.45, 7) is 4.93. The molecule has 0 aromatic heterocycles. The van der Waals surface area contributed by atoms with Crippen molar-refractivity contribution >= 4 is 17.6 Å². The van der Waals surface area contributed by atoms with Crippen molar-refractivity contribution in [3.05, 3.63) is 23.8 Å². The molecular weight excluding hydrogens is 260 g/mol. The molecule has 0 aliphatic heterocycles. The molecule has 0 saturated heterocycles. The Labute approximate surface area is 118 Å². The Bertz CT molecular complexity index is 520. The van der Waals surface area contributed by atoms with E-state index in [1.807, 2.05) is 0 Å². The summed E-state index contributed by atoms with van der Waals surface area (Å²) in [4.78, 5) is 24.7. The fourth-order valence-corrected chi connectivity index (χ4v) is 1.76. The molecule has 1 aromatic rings. The topological polar surface area (TPSA) is 92.9 Å². The number of nitrogens with two attached hydrogens (primary N) is 1. The van der Waals surface area contributed by atoms with Crippen molar-refractivity contribution in [1.29, 1.82) is 0 Å². The van der Waals surface area contributed by atoms with Gasteiger partial charge < -0.3 is 20.5 Å². The molecule has 6 nitrogen and oxygen atoms in total. The molecule has 1 rings (SSSR count). The summed E-state index contributed by atoms with van der Waals surface area (Å²) in [6, 6.07) is 4.69. The van der Waals surface area contributed by atoms with Crippen LogP contribution in [0.5, 0.6) is 5.75 Å². The zero-order valence-electron chi connectivity index (χ0n) is 12.1. The van der Waals surface area contributed by atoms with E-state index in [1.165, 1.54) is 24.1 Å². The van der Waals surface area contributed by atoms with E-state index < -0.39 is 17.4 Å². The summed E-state index contributed by atoms with van der Waals surface area (Å²) < 4.78 is 5.02. The average Bonchev–Trinajstić information content (AvgIpc) is 2.33. The number of amides is 1. The van der Waals surface area contributed by atoms with Crippen molar-refractivity contribution in [2.24, 2.45) is 0 Å². The highest BCUT2D eigenvalue weighted by atomic mass is 16.5. The maximum absolute atomic E-state index is 12.5. The number of aliphatic carboxylic acids is 1. The number of carbonyl (C=O) groups is 2. The summed E-state index contributed by atoms with van der Waals surface area (Å²) in [5.41, 5.74) is 5.74. The molecule has 6 heteroatoms. The number of benzene rings is 1. The molecule has 0 aliphatic rings. The summed E-state index contributed by atoms with van der Waals surface area (Å²) in [5, 5.41) is 8.95. The molecule has 110 valence electrons. The molecular formula is C14H20N2O4. The van der Waals surface area contributed by atoms with Crippen LogP contribution in [-0.2, 0) is 4.79 Å². The molecule has 0 heterocycles. The van der Waals surface area contributed by atoms with Gasteiger partial charge in [0.25, 0.3) is 5.91 Å². The van der Waals surface area contributed by atoms with Crippen molar-refractivity contribution in [2.45, 2.75) is 26.3 Å². The lowest BCUT2D eigenvalue weighted by Gasteiger charge is -2.34. The minimum atomic E-state index is -1.07. The van der Waals surface area contributed by atoms with Crippen LogP contribution in [0.3, 0.4) is 0 Å². The first-order valence-electron chi connectivity index (χ1n) is 6.14. The molecule has 1 amide bonds. The van der Waals surface area contributed by atoms with E-state index in [9.17, 15) is 9.59 Å². The molecule has 0 saturated carbocycles. The Morgan fingerprint density at radius 1 is 1.35 bits per heavy atom. The highest BCUT2D eigenvalue weighted by Gasteiger charge is 2.30. The Morgan fingerprint density at radius 2 is 1.95 bits per heavy atom. The third kappa shape index (κ3) is 3.63. The lowest BCUT2D eigenvalue weighted by atomic mass is 10.0. The van der Waals surface area contributed by atoms with Crippen molar-refractivity contribution in [2.75, 3.05) is 19.4 Å². The van der Waals surface area contributed by atoms with Crippen LogP contribution in [0.15, 0.2) is 18.2 Å². The number of anilines is 1. The summed E-state index contributed by atoms with van der Waals surface area (Å²) in [5.74, 6) is -0.944. The van der Waals surface area contributed by atoms with Crippen molar-refractivity contribution < 1.29 is 19.4 Å². The van der Waals surface area contributed by atoms with Gasteiger partial charge in [-0.05, 0) is 32.9 Å². The minimum Gasteiger partial charge on any atom is -0.497 e. The van der Waals surface area contributed by atoms with Crippen LogP contribution in [0.1, 0.15) is 31.1 Å². The Balaban J connectivity index is 3.15. The second-order valence-electron chi connectivity index (χ2n) is 5.41. The fraction of sp³-hybridized carbons (Fsp3) is 0.429. The molecule has 0 unspecified atom stereocenters. The average molecular weight is 280 g/mol. The second kappa shape index (κ2) is 5.81. The smallest absolute Gasteiger partial charge is 0.323 e. The standard InChI is InChI=1S/C14H20N2O4/c1-14(2,3)16(8-12(17)18)13(19)10-6-5-9(20-4)7-11(10)15/h5-7H,8,15H2,1-4H3,(H,17,18). The number of ether oxygens (including phenoxy) is 1. The van der Waals surface area contributed by atoms with Gasteiger partial charge in [0.05, 0.1) is 12.7 Å². The van der Waals surface area contributed by atoms with Crippen LogP contribution in [0.2, 0.25) is 0 Å². The highest BCUT2D eigenvalue weighted by molar-refractivity contribution is 6.00. The first-order chi connectivity index (χ1) is 9.16. The van der Waals surface area contributed by atoms with Gasteiger partial charge in [0, 0.05) is 17.3 Å². The quantitative estimate of drug-likeness (QED) is 0.817. The van der Waals surface area contributed by atoms with Gasteiger partial charge in [0.1, 0.15) is 12.3 Å². The number of nitrogens with zero attached hydrogens (tertiary/aromatic N) is 1. The van der Waals surface area contributed by atoms with Gasteiger partial charge >= 0.3 is 5.97 Å². The Kier molecular flexibility index (Phi) is 4.60. The van der Waals surface area contributed by atoms with E-state index in [-0.39, 0.29) is 17.8 Å². The number of rotatable bonds is 4. The number of carboxylic acid groups (broad SMARTS) is 1. The van der Waals surface area contributed by atoms with Crippen molar-refractivity contribution in [3.8, 4) is 5.75 Å². The zero-order chi connectivity index (χ0) is 15.5. The van der Waals surface area contributed by atoms with E-state index in [2.05, 4.69) is 0 Å². The number of hydrogen-bond donors (Lipinski definition) is 2.